The molecule has 2 rings (SSSR count). The summed E-state index contributed by atoms with van der Waals surface area (Å²) in [6, 6.07) is 11.1. The van der Waals surface area contributed by atoms with Gasteiger partial charge in [-0.1, -0.05) is 24.3 Å². The minimum atomic E-state index is -0.843. The monoisotopic (exact) mass is 257 g/mol. The van der Waals surface area contributed by atoms with Gasteiger partial charge in [0.05, 0.1) is 12.1 Å². The first-order chi connectivity index (χ1) is 9.16. The average Bonchev–Trinajstić information content (AvgIpc) is 2.39. The fourth-order valence-corrected chi connectivity index (χ4v) is 1.81. The van der Waals surface area contributed by atoms with E-state index in [-0.39, 0.29) is 6.42 Å². The normalized spacial score (nSPS) is 10.2. The molecule has 19 heavy (non-hydrogen) atoms. The van der Waals surface area contributed by atoms with Gasteiger partial charge in [-0.2, -0.15) is 0 Å². The first kappa shape index (κ1) is 13.1. The third-order valence-electron chi connectivity index (χ3n) is 2.80. The van der Waals surface area contributed by atoms with Gasteiger partial charge in [0.15, 0.2) is 0 Å². The first-order valence-electron chi connectivity index (χ1n) is 6.00. The average molecular weight is 257 g/mol. The van der Waals surface area contributed by atoms with Crippen LogP contribution in [0.2, 0.25) is 0 Å². The third-order valence-corrected chi connectivity index (χ3v) is 2.80. The fourth-order valence-electron chi connectivity index (χ4n) is 1.81. The van der Waals surface area contributed by atoms with E-state index in [0.29, 0.717) is 12.4 Å². The van der Waals surface area contributed by atoms with Crippen LogP contribution in [0, 0.1) is 6.92 Å². The topological polar surface area (TPSA) is 59.4 Å². The maximum Gasteiger partial charge on any atom is 0.307 e. The van der Waals surface area contributed by atoms with Crippen molar-refractivity contribution in [2.24, 2.45) is 0 Å². The van der Waals surface area contributed by atoms with Crippen LogP contribution in [-0.2, 0) is 17.8 Å². The first-order valence-corrected chi connectivity index (χ1v) is 6.00. The van der Waals surface area contributed by atoms with E-state index in [1.165, 1.54) is 0 Å². The molecule has 0 aliphatic rings. The van der Waals surface area contributed by atoms with Crippen molar-refractivity contribution >= 4 is 5.97 Å². The second kappa shape index (κ2) is 6.00. The Morgan fingerprint density at radius 3 is 2.63 bits per heavy atom. The molecule has 0 aliphatic heterocycles. The number of carboxylic acid groups (broad SMARTS) is 1. The van der Waals surface area contributed by atoms with E-state index < -0.39 is 5.97 Å². The molecule has 0 unspecified atom stereocenters. The fraction of sp³-hybridized carbons (Fsp3) is 0.200. The van der Waals surface area contributed by atoms with E-state index in [1.54, 1.807) is 6.20 Å². The van der Waals surface area contributed by atoms with Gasteiger partial charge in [0, 0.05) is 6.20 Å². The van der Waals surface area contributed by atoms with Crippen molar-refractivity contribution in [2.45, 2.75) is 20.0 Å². The van der Waals surface area contributed by atoms with Crippen LogP contribution in [0.15, 0.2) is 42.6 Å². The van der Waals surface area contributed by atoms with Crippen LogP contribution in [-0.4, -0.2) is 16.1 Å². The van der Waals surface area contributed by atoms with Crippen molar-refractivity contribution in [1.29, 1.82) is 0 Å². The largest absolute Gasteiger partial charge is 0.487 e. The Bertz CT molecular complexity index is 581. The SMILES string of the molecule is Cc1ncccc1OCc1ccccc1CC(=O)O. The Balaban J connectivity index is 2.11. The molecular weight excluding hydrogens is 242 g/mol. The van der Waals surface area contributed by atoms with Crippen LogP contribution in [0.5, 0.6) is 5.75 Å². The lowest BCUT2D eigenvalue weighted by Crippen LogP contribution is -2.06. The molecule has 0 spiro atoms. The van der Waals surface area contributed by atoms with Gasteiger partial charge in [-0.25, -0.2) is 0 Å². The molecule has 0 saturated heterocycles. The van der Waals surface area contributed by atoms with E-state index in [1.807, 2.05) is 43.3 Å². The van der Waals surface area contributed by atoms with Gasteiger partial charge in [-0.3, -0.25) is 9.78 Å². The van der Waals surface area contributed by atoms with Crippen molar-refractivity contribution in [3.63, 3.8) is 0 Å². The minimum absolute atomic E-state index is 0.00551. The zero-order chi connectivity index (χ0) is 13.7. The number of aromatic nitrogens is 1. The highest BCUT2D eigenvalue weighted by Gasteiger charge is 2.07. The number of aryl methyl sites for hydroxylation is 1. The molecule has 2 aromatic rings. The summed E-state index contributed by atoms with van der Waals surface area (Å²) >= 11 is 0. The number of hydrogen-bond donors (Lipinski definition) is 1. The Hall–Kier alpha value is -2.36. The number of benzene rings is 1. The predicted molar refractivity (Wildman–Crippen MR) is 71.1 cm³/mol. The summed E-state index contributed by atoms with van der Waals surface area (Å²) in [6.45, 7) is 2.22. The highest BCUT2D eigenvalue weighted by Crippen LogP contribution is 2.17. The zero-order valence-corrected chi connectivity index (χ0v) is 10.7. The quantitative estimate of drug-likeness (QED) is 0.894. The smallest absolute Gasteiger partial charge is 0.307 e. The molecule has 0 radical (unpaired) electrons. The van der Waals surface area contributed by atoms with Crippen LogP contribution >= 0.6 is 0 Å². The second-order valence-corrected chi connectivity index (χ2v) is 4.21. The van der Waals surface area contributed by atoms with Gasteiger partial charge in [-0.05, 0) is 30.2 Å². The van der Waals surface area contributed by atoms with Crippen LogP contribution in [0.25, 0.3) is 0 Å². The molecule has 98 valence electrons. The standard InChI is InChI=1S/C15H15NO3/c1-11-14(7-4-8-16-11)19-10-13-6-3-2-5-12(13)9-15(17)18/h2-8H,9-10H2,1H3,(H,17,18). The number of ether oxygens (including phenoxy) is 1. The van der Waals surface area contributed by atoms with E-state index >= 15 is 0 Å². The second-order valence-electron chi connectivity index (χ2n) is 4.21. The maximum absolute atomic E-state index is 10.8. The predicted octanol–water partition coefficient (Wildman–Crippen LogP) is 2.60. The molecule has 1 heterocycles. The number of carboxylic acids is 1. The Morgan fingerprint density at radius 2 is 1.95 bits per heavy atom. The Kier molecular flexibility index (Phi) is 4.13. The molecule has 0 fully saturated rings. The van der Waals surface area contributed by atoms with Crippen molar-refractivity contribution in [3.8, 4) is 5.75 Å². The van der Waals surface area contributed by atoms with E-state index in [0.717, 1.165) is 16.8 Å². The lowest BCUT2D eigenvalue weighted by molar-refractivity contribution is -0.136. The highest BCUT2D eigenvalue weighted by atomic mass is 16.5. The van der Waals surface area contributed by atoms with Gasteiger partial charge >= 0.3 is 5.97 Å². The summed E-state index contributed by atoms with van der Waals surface area (Å²) in [5.41, 5.74) is 2.47. The van der Waals surface area contributed by atoms with Gasteiger partial charge in [0.25, 0.3) is 0 Å². The van der Waals surface area contributed by atoms with Crippen molar-refractivity contribution in [3.05, 3.63) is 59.4 Å². The maximum atomic E-state index is 10.8. The number of carbonyl (C=O) groups is 1. The number of pyridine rings is 1. The van der Waals surface area contributed by atoms with Gasteiger partial charge < -0.3 is 9.84 Å². The molecule has 1 aromatic carbocycles. The molecule has 0 saturated carbocycles. The molecule has 0 aliphatic carbocycles. The van der Waals surface area contributed by atoms with Crippen LogP contribution in [0.3, 0.4) is 0 Å². The van der Waals surface area contributed by atoms with Crippen LogP contribution in [0.4, 0.5) is 0 Å². The molecule has 4 heteroatoms. The van der Waals surface area contributed by atoms with Gasteiger partial charge in [0.1, 0.15) is 12.4 Å². The Labute approximate surface area is 111 Å². The van der Waals surface area contributed by atoms with Crippen molar-refractivity contribution in [1.82, 2.24) is 4.98 Å². The zero-order valence-electron chi connectivity index (χ0n) is 10.7. The lowest BCUT2D eigenvalue weighted by Gasteiger charge is -2.11. The minimum Gasteiger partial charge on any atom is -0.487 e. The number of hydrogen-bond acceptors (Lipinski definition) is 3. The third kappa shape index (κ3) is 3.55. The molecule has 0 bridgehead atoms. The summed E-state index contributed by atoms with van der Waals surface area (Å²) in [7, 11) is 0. The van der Waals surface area contributed by atoms with Gasteiger partial charge in [-0.15, -0.1) is 0 Å². The van der Waals surface area contributed by atoms with E-state index in [9.17, 15) is 4.79 Å². The molecule has 4 nitrogen and oxygen atoms in total. The summed E-state index contributed by atoms with van der Waals surface area (Å²) in [4.78, 5) is 14.9. The number of rotatable bonds is 5. The van der Waals surface area contributed by atoms with E-state index in [4.69, 9.17) is 9.84 Å². The summed E-state index contributed by atoms with van der Waals surface area (Å²) in [6.07, 6.45) is 1.71. The van der Waals surface area contributed by atoms with Crippen molar-refractivity contribution in [2.75, 3.05) is 0 Å². The molecule has 1 aromatic heterocycles. The van der Waals surface area contributed by atoms with E-state index in [2.05, 4.69) is 4.98 Å². The molecular formula is C15H15NO3. The summed E-state index contributed by atoms with van der Waals surface area (Å²) in [5.74, 6) is -0.127. The molecule has 1 N–H and O–H groups in total. The number of nitrogens with zero attached hydrogens (tertiary/aromatic N) is 1. The van der Waals surface area contributed by atoms with Gasteiger partial charge in [0.2, 0.25) is 0 Å². The molecule has 0 atom stereocenters. The Morgan fingerprint density at radius 1 is 1.21 bits per heavy atom. The summed E-state index contributed by atoms with van der Waals surface area (Å²) < 4.78 is 5.69. The highest BCUT2D eigenvalue weighted by molar-refractivity contribution is 5.70. The van der Waals surface area contributed by atoms with Crippen LogP contribution < -0.4 is 4.74 Å². The summed E-state index contributed by atoms with van der Waals surface area (Å²) in [5, 5.41) is 8.87. The number of aliphatic carboxylic acids is 1. The lowest BCUT2D eigenvalue weighted by atomic mass is 10.1. The van der Waals surface area contributed by atoms with Crippen LogP contribution in [0.1, 0.15) is 16.8 Å². The van der Waals surface area contributed by atoms with Crippen molar-refractivity contribution < 1.29 is 14.6 Å². The molecule has 0 amide bonds.